The van der Waals surface area contributed by atoms with Gasteiger partial charge < -0.3 is 10.1 Å². The van der Waals surface area contributed by atoms with Crippen LogP contribution in [0.4, 0.5) is 9.80 Å². The molecule has 0 aliphatic carbocycles. The Labute approximate surface area is 156 Å². The second-order valence-electron chi connectivity index (χ2n) is 7.14. The van der Waals surface area contributed by atoms with E-state index in [0.717, 1.165) is 23.5 Å². The number of likely N-dealkylation sites (tertiary alicyclic amines) is 1. The molecule has 0 spiro atoms. The zero-order valence-corrected chi connectivity index (χ0v) is 15.9. The molecule has 1 N–H and O–H groups in total. The van der Waals surface area contributed by atoms with Gasteiger partial charge in [-0.2, -0.15) is 0 Å². The number of nitrogens with zero attached hydrogens (tertiary/aromatic N) is 3. The highest BCUT2D eigenvalue weighted by Gasteiger charge is 2.37. The lowest BCUT2D eigenvalue weighted by atomic mass is 10.1. The Morgan fingerprint density at radius 1 is 1.27 bits per heavy atom. The van der Waals surface area contributed by atoms with Crippen molar-refractivity contribution in [1.29, 1.82) is 0 Å². The van der Waals surface area contributed by atoms with E-state index in [0.29, 0.717) is 23.7 Å². The highest BCUT2D eigenvalue weighted by molar-refractivity contribution is 7.10. The molecule has 8 heteroatoms. The van der Waals surface area contributed by atoms with Crippen molar-refractivity contribution in [3.63, 3.8) is 0 Å². The van der Waals surface area contributed by atoms with E-state index in [1.165, 1.54) is 4.90 Å². The molecule has 1 aliphatic rings. The average Bonchev–Trinajstić information content (AvgIpc) is 3.23. The van der Waals surface area contributed by atoms with E-state index in [-0.39, 0.29) is 5.91 Å². The van der Waals surface area contributed by atoms with Crippen LogP contribution >= 0.6 is 11.5 Å². The molecule has 3 rings (SSSR count). The lowest BCUT2D eigenvalue weighted by Gasteiger charge is -2.27. The Kier molecular flexibility index (Phi) is 5.22. The molecular weight excluding hydrogens is 352 g/mol. The number of nitrogens with one attached hydrogen (secondary N) is 1. The Bertz CT molecular complexity index is 785. The predicted molar refractivity (Wildman–Crippen MR) is 99.9 cm³/mol. The van der Waals surface area contributed by atoms with Gasteiger partial charge >= 0.3 is 6.09 Å². The number of amides is 2. The fourth-order valence-electron chi connectivity index (χ4n) is 2.83. The molecule has 1 unspecified atom stereocenters. The van der Waals surface area contributed by atoms with Crippen molar-refractivity contribution in [3.05, 3.63) is 30.3 Å². The molecule has 1 aromatic carbocycles. The number of benzene rings is 1. The highest BCUT2D eigenvalue weighted by atomic mass is 32.1. The fourth-order valence-corrected chi connectivity index (χ4v) is 3.43. The number of carbonyl (C=O) groups excluding carboxylic acids is 2. The molecule has 1 fully saturated rings. The molecule has 138 valence electrons. The third-order valence-corrected chi connectivity index (χ3v) is 4.60. The maximum Gasteiger partial charge on any atom is 0.410 e. The largest absolute Gasteiger partial charge is 0.444 e. The number of hydrogen-bond donors (Lipinski definition) is 1. The van der Waals surface area contributed by atoms with Gasteiger partial charge in [-0.25, -0.2) is 4.79 Å². The number of rotatable bonds is 3. The Morgan fingerprint density at radius 3 is 2.69 bits per heavy atom. The van der Waals surface area contributed by atoms with Gasteiger partial charge in [0.05, 0.1) is 0 Å². The summed E-state index contributed by atoms with van der Waals surface area (Å²) in [4.78, 5) is 26.6. The van der Waals surface area contributed by atoms with Crippen LogP contribution in [0.1, 0.15) is 33.6 Å². The standard InChI is InChI=1S/C18H22N4O3S/c1-18(2,3)25-17(24)22-11-7-10-13(22)15(23)19-16-14(20-21-26-16)12-8-5-4-6-9-12/h4-6,8-9,13H,7,10-11H2,1-3H3,(H,19,23). The summed E-state index contributed by atoms with van der Waals surface area (Å²) in [6, 6.07) is 9.00. The van der Waals surface area contributed by atoms with Crippen LogP contribution in [-0.4, -0.2) is 44.7 Å². The quantitative estimate of drug-likeness (QED) is 0.888. The summed E-state index contributed by atoms with van der Waals surface area (Å²) in [5.74, 6) is -0.239. The summed E-state index contributed by atoms with van der Waals surface area (Å²) in [5, 5.41) is 7.58. The molecule has 1 aliphatic heterocycles. The van der Waals surface area contributed by atoms with E-state index in [4.69, 9.17) is 4.74 Å². The van der Waals surface area contributed by atoms with Crippen molar-refractivity contribution in [3.8, 4) is 11.3 Å². The van der Waals surface area contributed by atoms with Gasteiger partial charge in [0.25, 0.3) is 0 Å². The van der Waals surface area contributed by atoms with Gasteiger partial charge in [-0.3, -0.25) is 9.69 Å². The molecule has 2 amide bonds. The molecule has 2 heterocycles. The van der Waals surface area contributed by atoms with Gasteiger partial charge in [-0.1, -0.05) is 34.8 Å². The van der Waals surface area contributed by atoms with Crippen molar-refractivity contribution in [2.24, 2.45) is 0 Å². The highest BCUT2D eigenvalue weighted by Crippen LogP contribution is 2.30. The van der Waals surface area contributed by atoms with Gasteiger partial charge in [0.15, 0.2) is 0 Å². The molecule has 7 nitrogen and oxygen atoms in total. The molecule has 26 heavy (non-hydrogen) atoms. The maximum absolute atomic E-state index is 12.8. The second-order valence-corrected chi connectivity index (χ2v) is 7.89. The number of hydrogen-bond acceptors (Lipinski definition) is 6. The first-order chi connectivity index (χ1) is 12.3. The summed E-state index contributed by atoms with van der Waals surface area (Å²) >= 11 is 1.12. The molecule has 1 saturated heterocycles. The molecule has 1 atom stereocenters. The van der Waals surface area contributed by atoms with Gasteiger partial charge in [0.1, 0.15) is 22.3 Å². The van der Waals surface area contributed by atoms with Crippen LogP contribution < -0.4 is 5.32 Å². The van der Waals surface area contributed by atoms with Crippen LogP contribution in [0.25, 0.3) is 11.3 Å². The van der Waals surface area contributed by atoms with E-state index < -0.39 is 17.7 Å². The minimum absolute atomic E-state index is 0.239. The third-order valence-electron chi connectivity index (χ3n) is 3.96. The second kappa shape index (κ2) is 7.41. The van der Waals surface area contributed by atoms with E-state index in [2.05, 4.69) is 14.9 Å². The molecule has 1 aromatic heterocycles. The lowest BCUT2D eigenvalue weighted by Crippen LogP contribution is -2.45. The van der Waals surface area contributed by atoms with Crippen molar-refractivity contribution in [2.75, 3.05) is 11.9 Å². The first-order valence-corrected chi connectivity index (χ1v) is 9.31. The van der Waals surface area contributed by atoms with Crippen LogP contribution in [0, 0.1) is 0 Å². The maximum atomic E-state index is 12.8. The summed E-state index contributed by atoms with van der Waals surface area (Å²) in [5.41, 5.74) is 0.917. The van der Waals surface area contributed by atoms with Crippen LogP contribution in [0.2, 0.25) is 0 Å². The van der Waals surface area contributed by atoms with E-state index in [9.17, 15) is 9.59 Å². The number of aromatic nitrogens is 2. The molecule has 0 bridgehead atoms. The predicted octanol–water partition coefficient (Wildman–Crippen LogP) is 3.54. The monoisotopic (exact) mass is 374 g/mol. The summed E-state index contributed by atoms with van der Waals surface area (Å²) in [6.07, 6.45) is 0.919. The van der Waals surface area contributed by atoms with E-state index in [1.54, 1.807) is 0 Å². The Hall–Kier alpha value is -2.48. The summed E-state index contributed by atoms with van der Waals surface area (Å²) in [6.45, 7) is 5.95. The van der Waals surface area contributed by atoms with Crippen molar-refractivity contribution < 1.29 is 14.3 Å². The SMILES string of the molecule is CC(C)(C)OC(=O)N1CCCC1C(=O)Nc1snnc1-c1ccccc1. The molecule has 0 saturated carbocycles. The number of carbonyl (C=O) groups is 2. The minimum atomic E-state index is -0.594. The average molecular weight is 374 g/mol. The van der Waals surface area contributed by atoms with Crippen molar-refractivity contribution in [2.45, 2.75) is 45.3 Å². The minimum Gasteiger partial charge on any atom is -0.444 e. The van der Waals surface area contributed by atoms with Gasteiger partial charge in [0, 0.05) is 23.6 Å². The zero-order valence-electron chi connectivity index (χ0n) is 15.1. The van der Waals surface area contributed by atoms with Crippen LogP contribution in [-0.2, 0) is 9.53 Å². The summed E-state index contributed by atoms with van der Waals surface area (Å²) < 4.78 is 9.37. The summed E-state index contributed by atoms with van der Waals surface area (Å²) in [7, 11) is 0. The van der Waals surface area contributed by atoms with Crippen LogP contribution in [0.15, 0.2) is 30.3 Å². The lowest BCUT2D eigenvalue weighted by molar-refractivity contribution is -0.120. The topological polar surface area (TPSA) is 84.4 Å². The Balaban J connectivity index is 1.72. The first kappa shape index (κ1) is 18.3. The zero-order chi connectivity index (χ0) is 18.7. The van der Waals surface area contributed by atoms with Gasteiger partial charge in [0.2, 0.25) is 5.91 Å². The van der Waals surface area contributed by atoms with Gasteiger partial charge in [-0.15, -0.1) is 5.10 Å². The van der Waals surface area contributed by atoms with Crippen LogP contribution in [0.5, 0.6) is 0 Å². The third kappa shape index (κ3) is 4.19. The number of ether oxygens (including phenoxy) is 1. The van der Waals surface area contributed by atoms with Gasteiger partial charge in [-0.05, 0) is 33.6 Å². The Morgan fingerprint density at radius 2 is 2.00 bits per heavy atom. The molecule has 2 aromatic rings. The first-order valence-electron chi connectivity index (χ1n) is 8.53. The van der Waals surface area contributed by atoms with Crippen LogP contribution in [0.3, 0.4) is 0 Å². The fraction of sp³-hybridized carbons (Fsp3) is 0.444. The van der Waals surface area contributed by atoms with E-state index >= 15 is 0 Å². The number of anilines is 1. The van der Waals surface area contributed by atoms with Crippen molar-refractivity contribution >= 4 is 28.5 Å². The molecule has 0 radical (unpaired) electrons. The molecular formula is C18H22N4O3S. The smallest absolute Gasteiger partial charge is 0.410 e. The normalized spacial score (nSPS) is 17.2. The van der Waals surface area contributed by atoms with Crippen molar-refractivity contribution in [1.82, 2.24) is 14.5 Å². The van der Waals surface area contributed by atoms with E-state index in [1.807, 2.05) is 51.1 Å².